The SMILES string of the molecule is O=C1N/C(=C/c2ccc(Cl)c(Cl)c2)C(=O)N1Cc1ccccc1. The second-order valence-electron chi connectivity index (χ2n) is 5.04. The first-order chi connectivity index (χ1) is 11.0. The Hall–Kier alpha value is -2.30. The van der Waals surface area contributed by atoms with Crippen LogP contribution >= 0.6 is 23.2 Å². The van der Waals surface area contributed by atoms with Crippen LogP contribution in [0.15, 0.2) is 54.2 Å². The molecule has 2 aromatic rings. The normalized spacial score (nSPS) is 16.1. The van der Waals surface area contributed by atoms with Crippen LogP contribution in [-0.4, -0.2) is 16.8 Å². The Morgan fingerprint density at radius 1 is 1.00 bits per heavy atom. The number of benzene rings is 2. The van der Waals surface area contributed by atoms with E-state index in [1.54, 1.807) is 24.3 Å². The number of urea groups is 1. The lowest BCUT2D eigenvalue weighted by molar-refractivity contribution is -0.123. The number of amides is 3. The Bertz CT molecular complexity index is 803. The van der Waals surface area contributed by atoms with Crippen LogP contribution in [0.1, 0.15) is 11.1 Å². The summed E-state index contributed by atoms with van der Waals surface area (Å²) in [6.45, 7) is 0.226. The molecule has 1 aliphatic rings. The summed E-state index contributed by atoms with van der Waals surface area (Å²) in [5, 5.41) is 3.40. The maximum absolute atomic E-state index is 12.4. The molecule has 2 aromatic carbocycles. The predicted molar refractivity (Wildman–Crippen MR) is 90.0 cm³/mol. The van der Waals surface area contributed by atoms with Crippen LogP contribution < -0.4 is 5.32 Å². The Morgan fingerprint density at radius 2 is 1.74 bits per heavy atom. The molecule has 0 spiro atoms. The molecule has 23 heavy (non-hydrogen) atoms. The van der Waals surface area contributed by atoms with Crippen LogP contribution in [0.25, 0.3) is 6.08 Å². The Labute approximate surface area is 143 Å². The van der Waals surface area contributed by atoms with Gasteiger partial charge >= 0.3 is 6.03 Å². The lowest BCUT2D eigenvalue weighted by Crippen LogP contribution is -2.30. The minimum Gasteiger partial charge on any atom is -0.303 e. The van der Waals surface area contributed by atoms with Crippen LogP contribution in [-0.2, 0) is 11.3 Å². The summed E-state index contributed by atoms with van der Waals surface area (Å²) < 4.78 is 0. The fraction of sp³-hybridized carbons (Fsp3) is 0.0588. The summed E-state index contributed by atoms with van der Waals surface area (Å²) in [5.41, 5.74) is 1.78. The van der Waals surface area contributed by atoms with E-state index in [2.05, 4.69) is 5.32 Å². The van der Waals surface area contributed by atoms with Crippen LogP contribution in [0.2, 0.25) is 10.0 Å². The second kappa shape index (κ2) is 6.44. The van der Waals surface area contributed by atoms with Gasteiger partial charge in [-0.3, -0.25) is 9.69 Å². The summed E-state index contributed by atoms with van der Waals surface area (Å²) in [6.07, 6.45) is 1.58. The highest BCUT2D eigenvalue weighted by Gasteiger charge is 2.33. The second-order valence-corrected chi connectivity index (χ2v) is 5.85. The van der Waals surface area contributed by atoms with E-state index in [1.165, 1.54) is 4.90 Å². The summed E-state index contributed by atoms with van der Waals surface area (Å²) >= 11 is 11.8. The van der Waals surface area contributed by atoms with Gasteiger partial charge in [0, 0.05) is 0 Å². The molecular formula is C17H12Cl2N2O2. The van der Waals surface area contributed by atoms with Gasteiger partial charge in [-0.25, -0.2) is 4.79 Å². The predicted octanol–water partition coefficient (Wildman–Crippen LogP) is 4.09. The minimum absolute atomic E-state index is 0.212. The average Bonchev–Trinajstić information content (AvgIpc) is 2.80. The van der Waals surface area contributed by atoms with E-state index in [0.717, 1.165) is 5.56 Å². The molecular weight excluding hydrogens is 335 g/mol. The highest BCUT2D eigenvalue weighted by atomic mass is 35.5. The van der Waals surface area contributed by atoms with Crippen molar-refractivity contribution in [1.29, 1.82) is 0 Å². The van der Waals surface area contributed by atoms with Crippen LogP contribution in [0, 0.1) is 0 Å². The molecule has 0 unspecified atom stereocenters. The first-order valence-electron chi connectivity index (χ1n) is 6.88. The Balaban J connectivity index is 1.83. The maximum atomic E-state index is 12.4. The zero-order valence-corrected chi connectivity index (χ0v) is 13.4. The third-order valence-electron chi connectivity index (χ3n) is 3.40. The molecule has 116 valence electrons. The molecule has 1 fully saturated rings. The summed E-state index contributed by atoms with van der Waals surface area (Å²) in [5.74, 6) is -0.370. The molecule has 3 amide bonds. The number of carbonyl (C=O) groups excluding carboxylic acids is 2. The summed E-state index contributed by atoms with van der Waals surface area (Å²) in [4.78, 5) is 25.6. The van der Waals surface area contributed by atoms with Gasteiger partial charge < -0.3 is 5.32 Å². The van der Waals surface area contributed by atoms with Gasteiger partial charge in [0.1, 0.15) is 5.70 Å². The molecule has 3 rings (SSSR count). The number of hydrogen-bond acceptors (Lipinski definition) is 2. The number of imide groups is 1. The third kappa shape index (κ3) is 3.38. The number of nitrogens with one attached hydrogen (secondary N) is 1. The van der Waals surface area contributed by atoms with Crippen molar-refractivity contribution in [2.24, 2.45) is 0 Å². The van der Waals surface area contributed by atoms with Gasteiger partial charge in [-0.2, -0.15) is 0 Å². The number of hydrogen-bond donors (Lipinski definition) is 1. The summed E-state index contributed by atoms with van der Waals surface area (Å²) in [7, 11) is 0. The monoisotopic (exact) mass is 346 g/mol. The highest BCUT2D eigenvalue weighted by molar-refractivity contribution is 6.42. The van der Waals surface area contributed by atoms with E-state index >= 15 is 0 Å². The Morgan fingerprint density at radius 3 is 2.43 bits per heavy atom. The Kier molecular flexibility index (Phi) is 4.37. The van der Waals surface area contributed by atoms with Crippen molar-refractivity contribution in [2.75, 3.05) is 0 Å². The van der Waals surface area contributed by atoms with Crippen molar-refractivity contribution in [2.45, 2.75) is 6.54 Å². The smallest absolute Gasteiger partial charge is 0.303 e. The van der Waals surface area contributed by atoms with E-state index in [9.17, 15) is 9.59 Å². The van der Waals surface area contributed by atoms with Crippen molar-refractivity contribution >= 4 is 41.2 Å². The minimum atomic E-state index is -0.440. The molecule has 1 heterocycles. The van der Waals surface area contributed by atoms with Crippen molar-refractivity contribution in [1.82, 2.24) is 10.2 Å². The summed E-state index contributed by atoms with van der Waals surface area (Å²) in [6, 6.07) is 13.9. The molecule has 0 saturated carbocycles. The van der Waals surface area contributed by atoms with E-state index in [1.807, 2.05) is 30.3 Å². The van der Waals surface area contributed by atoms with Crippen molar-refractivity contribution < 1.29 is 9.59 Å². The fourth-order valence-corrected chi connectivity index (χ4v) is 2.56. The van der Waals surface area contributed by atoms with Crippen molar-refractivity contribution in [3.05, 3.63) is 75.4 Å². The molecule has 1 aliphatic heterocycles. The van der Waals surface area contributed by atoms with Crippen molar-refractivity contribution in [3.63, 3.8) is 0 Å². The number of rotatable bonds is 3. The largest absolute Gasteiger partial charge is 0.329 e. The van der Waals surface area contributed by atoms with Crippen LogP contribution in [0.4, 0.5) is 4.79 Å². The number of carbonyl (C=O) groups is 2. The number of nitrogens with zero attached hydrogens (tertiary/aromatic N) is 1. The highest BCUT2D eigenvalue weighted by Crippen LogP contribution is 2.24. The molecule has 0 atom stereocenters. The van der Waals surface area contributed by atoms with Gasteiger partial charge in [0.05, 0.1) is 16.6 Å². The molecule has 0 radical (unpaired) electrons. The topological polar surface area (TPSA) is 49.4 Å². The van der Waals surface area contributed by atoms with Crippen molar-refractivity contribution in [3.8, 4) is 0 Å². The van der Waals surface area contributed by atoms with E-state index < -0.39 is 6.03 Å². The van der Waals surface area contributed by atoms with Gasteiger partial charge in [0.2, 0.25) is 0 Å². The van der Waals surface area contributed by atoms with Gasteiger partial charge in [-0.1, -0.05) is 59.6 Å². The van der Waals surface area contributed by atoms with Gasteiger partial charge in [-0.05, 0) is 29.3 Å². The zero-order chi connectivity index (χ0) is 16.4. The lowest BCUT2D eigenvalue weighted by Gasteiger charge is -2.11. The van der Waals surface area contributed by atoms with Crippen LogP contribution in [0.3, 0.4) is 0 Å². The first kappa shape index (κ1) is 15.6. The number of halogens is 2. The molecule has 1 saturated heterocycles. The quantitative estimate of drug-likeness (QED) is 0.672. The fourth-order valence-electron chi connectivity index (χ4n) is 2.25. The lowest BCUT2D eigenvalue weighted by atomic mass is 10.2. The molecule has 6 heteroatoms. The molecule has 0 aliphatic carbocycles. The van der Waals surface area contributed by atoms with E-state index in [-0.39, 0.29) is 18.1 Å². The maximum Gasteiger partial charge on any atom is 0.329 e. The van der Waals surface area contributed by atoms with Gasteiger partial charge in [0.15, 0.2) is 0 Å². The first-order valence-corrected chi connectivity index (χ1v) is 7.64. The standard InChI is InChI=1S/C17H12Cl2N2O2/c18-13-7-6-12(8-14(13)19)9-15-16(22)21(17(23)20-15)10-11-4-2-1-3-5-11/h1-9H,10H2,(H,20,23)/b15-9+. The van der Waals surface area contributed by atoms with Crippen LogP contribution in [0.5, 0.6) is 0 Å². The van der Waals surface area contributed by atoms with E-state index in [4.69, 9.17) is 23.2 Å². The third-order valence-corrected chi connectivity index (χ3v) is 4.14. The van der Waals surface area contributed by atoms with E-state index in [0.29, 0.717) is 15.6 Å². The molecule has 0 bridgehead atoms. The zero-order valence-electron chi connectivity index (χ0n) is 11.9. The molecule has 1 N–H and O–H groups in total. The average molecular weight is 347 g/mol. The molecule has 4 nitrogen and oxygen atoms in total. The van der Waals surface area contributed by atoms with Gasteiger partial charge in [-0.15, -0.1) is 0 Å². The van der Waals surface area contributed by atoms with Gasteiger partial charge in [0.25, 0.3) is 5.91 Å². The molecule has 0 aromatic heterocycles.